The van der Waals surface area contributed by atoms with Gasteiger partial charge in [-0.1, -0.05) is 56.2 Å². The van der Waals surface area contributed by atoms with Crippen molar-refractivity contribution in [1.82, 2.24) is 0 Å². The van der Waals surface area contributed by atoms with Crippen LogP contribution in [0.1, 0.15) is 45.1 Å². The first-order chi connectivity index (χ1) is 11.2. The number of hydrogen-bond acceptors (Lipinski definition) is 4. The van der Waals surface area contributed by atoms with Gasteiger partial charge in [0.05, 0.1) is 6.61 Å². The molecule has 0 aromatic heterocycles. The lowest BCUT2D eigenvalue weighted by Gasteiger charge is -2.16. The van der Waals surface area contributed by atoms with Crippen LogP contribution < -0.4 is 0 Å². The van der Waals surface area contributed by atoms with Gasteiger partial charge in [0.1, 0.15) is 12.7 Å². The van der Waals surface area contributed by atoms with Crippen molar-refractivity contribution < 1.29 is 19.0 Å². The lowest BCUT2D eigenvalue weighted by atomic mass is 10.0. The number of hydrogen-bond donors (Lipinski definition) is 0. The van der Waals surface area contributed by atoms with E-state index in [1.807, 2.05) is 18.2 Å². The van der Waals surface area contributed by atoms with Gasteiger partial charge in [-0.05, 0) is 24.0 Å². The van der Waals surface area contributed by atoms with Gasteiger partial charge in [0, 0.05) is 6.92 Å². The maximum atomic E-state index is 10.9. The second kappa shape index (κ2) is 9.48. The van der Waals surface area contributed by atoms with Crippen LogP contribution in [-0.4, -0.2) is 31.6 Å². The van der Waals surface area contributed by atoms with E-state index in [0.717, 1.165) is 24.0 Å². The third-order valence-electron chi connectivity index (χ3n) is 3.75. The lowest BCUT2D eigenvalue weighted by Crippen LogP contribution is -2.21. The smallest absolute Gasteiger partial charge is 0.302 e. The Morgan fingerprint density at radius 1 is 1.30 bits per heavy atom. The van der Waals surface area contributed by atoms with Crippen LogP contribution in [0.5, 0.6) is 0 Å². The number of ether oxygens (including phenoxy) is 3. The summed E-state index contributed by atoms with van der Waals surface area (Å²) in [6.07, 6.45) is 6.06. The Morgan fingerprint density at radius 2 is 2.09 bits per heavy atom. The van der Waals surface area contributed by atoms with Gasteiger partial charge in [0.25, 0.3) is 0 Å². The largest absolute Gasteiger partial charge is 0.463 e. The standard InChI is InChI=1S/C19H26O4/c1-3-4-6-11-17(12-16-9-7-5-8-10-16)19-22-14-18(23-19)13-21-15(2)20/h5,7-10,12,18-19H,3-4,6,11,13-14H2,1-2H3/b17-12-. The van der Waals surface area contributed by atoms with E-state index < -0.39 is 0 Å². The summed E-state index contributed by atoms with van der Waals surface area (Å²) in [4.78, 5) is 10.9. The highest BCUT2D eigenvalue weighted by Gasteiger charge is 2.29. The highest BCUT2D eigenvalue weighted by Crippen LogP contribution is 2.25. The summed E-state index contributed by atoms with van der Waals surface area (Å²) in [7, 11) is 0. The minimum Gasteiger partial charge on any atom is -0.463 e. The van der Waals surface area contributed by atoms with E-state index in [-0.39, 0.29) is 25.0 Å². The van der Waals surface area contributed by atoms with Gasteiger partial charge in [-0.15, -0.1) is 0 Å². The molecular weight excluding hydrogens is 292 g/mol. The van der Waals surface area contributed by atoms with Gasteiger partial charge in [-0.3, -0.25) is 4.79 Å². The molecule has 0 saturated carbocycles. The summed E-state index contributed by atoms with van der Waals surface area (Å²) in [5.74, 6) is -0.292. The molecule has 0 N–H and O–H groups in total. The topological polar surface area (TPSA) is 44.8 Å². The average Bonchev–Trinajstić information content (AvgIpc) is 3.02. The molecule has 4 nitrogen and oxygen atoms in total. The lowest BCUT2D eigenvalue weighted by molar-refractivity contribution is -0.144. The Morgan fingerprint density at radius 3 is 2.78 bits per heavy atom. The molecule has 0 aliphatic carbocycles. The number of carbonyl (C=O) groups is 1. The van der Waals surface area contributed by atoms with E-state index in [2.05, 4.69) is 25.1 Å². The second-order valence-corrected chi connectivity index (χ2v) is 5.81. The van der Waals surface area contributed by atoms with E-state index in [9.17, 15) is 4.79 Å². The van der Waals surface area contributed by atoms with Crippen LogP contribution >= 0.6 is 0 Å². The first kappa shape index (κ1) is 17.7. The second-order valence-electron chi connectivity index (χ2n) is 5.81. The van der Waals surface area contributed by atoms with E-state index >= 15 is 0 Å². The van der Waals surface area contributed by atoms with Crippen molar-refractivity contribution in [3.8, 4) is 0 Å². The number of carbonyl (C=O) groups excluding carboxylic acids is 1. The highest BCUT2D eigenvalue weighted by molar-refractivity contribution is 5.65. The Hall–Kier alpha value is -1.65. The summed E-state index contributed by atoms with van der Waals surface area (Å²) in [5.41, 5.74) is 2.30. The molecule has 2 atom stereocenters. The van der Waals surface area contributed by atoms with Gasteiger partial charge >= 0.3 is 5.97 Å². The van der Waals surface area contributed by atoms with Crippen LogP contribution in [0.2, 0.25) is 0 Å². The fourth-order valence-electron chi connectivity index (χ4n) is 2.54. The zero-order chi connectivity index (χ0) is 16.5. The monoisotopic (exact) mass is 318 g/mol. The minimum atomic E-state index is -0.340. The van der Waals surface area contributed by atoms with Crippen LogP contribution in [0.4, 0.5) is 0 Å². The van der Waals surface area contributed by atoms with E-state index in [1.165, 1.54) is 19.8 Å². The molecule has 1 aromatic carbocycles. The predicted molar refractivity (Wildman–Crippen MR) is 89.8 cm³/mol. The maximum absolute atomic E-state index is 10.9. The molecule has 2 unspecified atom stereocenters. The molecule has 1 aliphatic rings. The third kappa shape index (κ3) is 6.16. The molecule has 2 rings (SSSR count). The number of rotatable bonds is 8. The SMILES string of the molecule is CCCCC/C(=C/c1ccccc1)C1OCC(COC(C)=O)O1. The van der Waals surface area contributed by atoms with E-state index in [1.54, 1.807) is 0 Å². The molecule has 1 heterocycles. The summed E-state index contributed by atoms with van der Waals surface area (Å²) in [6.45, 7) is 4.30. The molecule has 0 spiro atoms. The molecule has 4 heteroatoms. The van der Waals surface area contributed by atoms with Crippen molar-refractivity contribution in [2.24, 2.45) is 0 Å². The van der Waals surface area contributed by atoms with Crippen LogP contribution in [0.3, 0.4) is 0 Å². The van der Waals surface area contributed by atoms with Crippen molar-refractivity contribution in [2.45, 2.75) is 51.9 Å². The van der Waals surface area contributed by atoms with E-state index in [0.29, 0.717) is 6.61 Å². The zero-order valence-corrected chi connectivity index (χ0v) is 14.0. The van der Waals surface area contributed by atoms with Crippen molar-refractivity contribution in [2.75, 3.05) is 13.2 Å². The van der Waals surface area contributed by atoms with Crippen LogP contribution in [0.15, 0.2) is 35.9 Å². The fraction of sp³-hybridized carbons (Fsp3) is 0.526. The molecule has 1 aliphatic heterocycles. The van der Waals surface area contributed by atoms with Crippen molar-refractivity contribution >= 4 is 12.0 Å². The first-order valence-electron chi connectivity index (χ1n) is 8.35. The summed E-state index contributed by atoms with van der Waals surface area (Å²) in [5, 5.41) is 0. The normalized spacial score (nSPS) is 21.4. The Labute approximate surface area is 138 Å². The Bertz CT molecular complexity index is 509. The highest BCUT2D eigenvalue weighted by atomic mass is 16.7. The number of unbranched alkanes of at least 4 members (excludes halogenated alkanes) is 2. The van der Waals surface area contributed by atoms with E-state index in [4.69, 9.17) is 14.2 Å². The molecule has 1 aromatic rings. The summed E-state index contributed by atoms with van der Waals surface area (Å²) >= 11 is 0. The van der Waals surface area contributed by atoms with Crippen molar-refractivity contribution in [3.63, 3.8) is 0 Å². The molecule has 1 fully saturated rings. The summed E-state index contributed by atoms with van der Waals surface area (Å²) in [6, 6.07) is 10.2. The fourth-order valence-corrected chi connectivity index (χ4v) is 2.54. The van der Waals surface area contributed by atoms with Crippen molar-refractivity contribution in [1.29, 1.82) is 0 Å². The van der Waals surface area contributed by atoms with Gasteiger partial charge in [-0.2, -0.15) is 0 Å². The zero-order valence-electron chi connectivity index (χ0n) is 14.0. The van der Waals surface area contributed by atoms with Gasteiger partial charge < -0.3 is 14.2 Å². The summed E-state index contributed by atoms with van der Waals surface area (Å²) < 4.78 is 16.7. The van der Waals surface area contributed by atoms with Crippen LogP contribution in [0.25, 0.3) is 6.08 Å². The first-order valence-corrected chi connectivity index (χ1v) is 8.35. The van der Waals surface area contributed by atoms with Gasteiger partial charge in [-0.25, -0.2) is 0 Å². The Kier molecular flexibility index (Phi) is 7.30. The van der Waals surface area contributed by atoms with Crippen LogP contribution in [-0.2, 0) is 19.0 Å². The van der Waals surface area contributed by atoms with Gasteiger partial charge in [0.15, 0.2) is 6.29 Å². The average molecular weight is 318 g/mol. The third-order valence-corrected chi connectivity index (χ3v) is 3.75. The Balaban J connectivity index is 1.99. The van der Waals surface area contributed by atoms with Crippen molar-refractivity contribution in [3.05, 3.63) is 41.5 Å². The van der Waals surface area contributed by atoms with Crippen LogP contribution in [0, 0.1) is 0 Å². The molecule has 1 saturated heterocycles. The molecular formula is C19H26O4. The van der Waals surface area contributed by atoms with Gasteiger partial charge in [0.2, 0.25) is 0 Å². The predicted octanol–water partition coefficient (Wildman–Crippen LogP) is 3.95. The molecule has 126 valence electrons. The molecule has 0 radical (unpaired) electrons. The number of esters is 1. The molecule has 0 amide bonds. The number of benzene rings is 1. The maximum Gasteiger partial charge on any atom is 0.302 e. The minimum absolute atomic E-state index is 0.186. The quantitative estimate of drug-likeness (QED) is 0.538. The molecule has 0 bridgehead atoms. The molecule has 23 heavy (non-hydrogen) atoms.